The Hall–Kier alpha value is -1.69. The second-order valence-electron chi connectivity index (χ2n) is 5.99. The van der Waals surface area contributed by atoms with Gasteiger partial charge in [0.25, 0.3) is 0 Å². The molecular weight excluding hydrogens is 314 g/mol. The lowest BCUT2D eigenvalue weighted by Crippen LogP contribution is -2.51. The van der Waals surface area contributed by atoms with Gasteiger partial charge in [-0.1, -0.05) is 23.7 Å². The molecule has 1 aliphatic heterocycles. The average Bonchev–Trinajstić information content (AvgIpc) is 2.54. The summed E-state index contributed by atoms with van der Waals surface area (Å²) < 4.78 is 5.42. The number of halogens is 1. The molecule has 2 heterocycles. The van der Waals surface area contributed by atoms with Crippen LogP contribution < -0.4 is 11.1 Å². The fourth-order valence-electron chi connectivity index (χ4n) is 3.14. The lowest BCUT2D eigenvalue weighted by Gasteiger charge is -2.37. The van der Waals surface area contributed by atoms with E-state index >= 15 is 0 Å². The molecule has 1 saturated heterocycles. The van der Waals surface area contributed by atoms with Gasteiger partial charge in [0, 0.05) is 53.9 Å². The van der Waals surface area contributed by atoms with E-state index in [1.54, 1.807) is 6.20 Å². The zero-order valence-electron chi connectivity index (χ0n) is 12.8. The van der Waals surface area contributed by atoms with Crippen molar-refractivity contribution in [3.8, 4) is 0 Å². The van der Waals surface area contributed by atoms with Crippen LogP contribution in [-0.4, -0.2) is 29.6 Å². The molecular formula is C17H20ClN3O2. The number of hydrogen-bond donors (Lipinski definition) is 2. The van der Waals surface area contributed by atoms with Crippen molar-refractivity contribution >= 4 is 28.4 Å². The van der Waals surface area contributed by atoms with Crippen LogP contribution in [0.2, 0.25) is 5.02 Å². The lowest BCUT2D eigenvalue weighted by atomic mass is 9.86. The number of hydrogen-bond acceptors (Lipinski definition) is 4. The van der Waals surface area contributed by atoms with Crippen LogP contribution in [0.1, 0.15) is 24.8 Å². The fourth-order valence-corrected chi connectivity index (χ4v) is 3.36. The summed E-state index contributed by atoms with van der Waals surface area (Å²) in [6.45, 7) is 1.80. The number of benzene rings is 1. The summed E-state index contributed by atoms with van der Waals surface area (Å²) in [7, 11) is 0. The van der Waals surface area contributed by atoms with E-state index in [1.807, 2.05) is 24.3 Å². The van der Waals surface area contributed by atoms with Gasteiger partial charge in [-0.25, -0.2) is 0 Å². The summed E-state index contributed by atoms with van der Waals surface area (Å²) in [6, 6.07) is 7.76. The van der Waals surface area contributed by atoms with E-state index in [1.165, 1.54) is 0 Å². The van der Waals surface area contributed by atoms with Crippen molar-refractivity contribution in [3.05, 3.63) is 41.0 Å². The van der Waals surface area contributed by atoms with Crippen LogP contribution in [-0.2, 0) is 16.1 Å². The molecule has 122 valence electrons. The van der Waals surface area contributed by atoms with E-state index in [0.717, 1.165) is 29.3 Å². The van der Waals surface area contributed by atoms with Gasteiger partial charge in [-0.15, -0.1) is 0 Å². The molecule has 1 amide bonds. The smallest absolute Gasteiger partial charge is 0.219 e. The minimum atomic E-state index is -0.329. The van der Waals surface area contributed by atoms with Gasteiger partial charge >= 0.3 is 0 Å². The molecule has 0 radical (unpaired) electrons. The SMILES string of the molecule is NC(=O)CC1(NCc2c(Cl)ccc3cccnc23)CCOCC1. The Kier molecular flexibility index (Phi) is 4.80. The third-order valence-electron chi connectivity index (χ3n) is 4.42. The Labute approximate surface area is 140 Å². The van der Waals surface area contributed by atoms with Crippen LogP contribution in [0.5, 0.6) is 0 Å². The summed E-state index contributed by atoms with van der Waals surface area (Å²) in [5.74, 6) is -0.304. The van der Waals surface area contributed by atoms with Gasteiger partial charge in [0.1, 0.15) is 0 Å². The zero-order valence-corrected chi connectivity index (χ0v) is 13.6. The van der Waals surface area contributed by atoms with E-state index < -0.39 is 0 Å². The van der Waals surface area contributed by atoms with Crippen molar-refractivity contribution in [3.63, 3.8) is 0 Å². The summed E-state index contributed by atoms with van der Waals surface area (Å²) in [4.78, 5) is 15.9. The molecule has 2 aromatic rings. The van der Waals surface area contributed by atoms with Crippen LogP contribution in [0.4, 0.5) is 0 Å². The molecule has 0 atom stereocenters. The van der Waals surface area contributed by atoms with Crippen LogP contribution in [0.15, 0.2) is 30.5 Å². The molecule has 0 unspecified atom stereocenters. The van der Waals surface area contributed by atoms with Crippen molar-refractivity contribution in [2.75, 3.05) is 13.2 Å². The lowest BCUT2D eigenvalue weighted by molar-refractivity contribution is -0.120. The summed E-state index contributed by atoms with van der Waals surface area (Å²) in [5, 5.41) is 5.23. The number of aromatic nitrogens is 1. The Morgan fingerprint density at radius 2 is 2.13 bits per heavy atom. The van der Waals surface area contributed by atoms with Gasteiger partial charge in [-0.05, 0) is 25.0 Å². The van der Waals surface area contributed by atoms with Crippen molar-refractivity contribution < 1.29 is 9.53 Å². The first-order valence-corrected chi connectivity index (χ1v) is 8.11. The number of fused-ring (bicyclic) bond motifs is 1. The number of pyridine rings is 1. The maximum Gasteiger partial charge on any atom is 0.219 e. The molecule has 1 aromatic carbocycles. The first-order chi connectivity index (χ1) is 11.1. The highest BCUT2D eigenvalue weighted by molar-refractivity contribution is 6.32. The molecule has 1 aromatic heterocycles. The third-order valence-corrected chi connectivity index (χ3v) is 4.78. The average molecular weight is 334 g/mol. The molecule has 1 fully saturated rings. The molecule has 1 aliphatic rings. The second kappa shape index (κ2) is 6.83. The predicted octanol–water partition coefficient (Wildman–Crippen LogP) is 2.40. The van der Waals surface area contributed by atoms with Gasteiger partial charge in [-0.2, -0.15) is 0 Å². The van der Waals surface area contributed by atoms with E-state index in [9.17, 15) is 4.79 Å². The van der Waals surface area contributed by atoms with Crippen molar-refractivity contribution in [1.82, 2.24) is 10.3 Å². The van der Waals surface area contributed by atoms with Crippen LogP contribution in [0.25, 0.3) is 10.9 Å². The Morgan fingerprint density at radius 3 is 2.87 bits per heavy atom. The van der Waals surface area contributed by atoms with Crippen molar-refractivity contribution in [2.45, 2.75) is 31.3 Å². The number of rotatable bonds is 5. The van der Waals surface area contributed by atoms with Gasteiger partial charge < -0.3 is 15.8 Å². The minimum absolute atomic E-state index is 0.298. The standard InChI is InChI=1S/C17H20ClN3O2/c18-14-4-3-12-2-1-7-20-16(12)13(14)11-21-17(10-15(19)22)5-8-23-9-6-17/h1-4,7,21H,5-6,8-11H2,(H2,19,22). The Bertz CT molecular complexity index is 714. The highest BCUT2D eigenvalue weighted by Crippen LogP contribution is 2.28. The number of nitrogens with zero attached hydrogens (tertiary/aromatic N) is 1. The number of carbonyl (C=O) groups excluding carboxylic acids is 1. The zero-order chi connectivity index (χ0) is 16.3. The monoisotopic (exact) mass is 333 g/mol. The first kappa shape index (κ1) is 16.2. The third kappa shape index (κ3) is 3.63. The number of nitrogens with two attached hydrogens (primary N) is 1. The molecule has 0 aliphatic carbocycles. The van der Waals surface area contributed by atoms with Crippen LogP contribution in [0, 0.1) is 0 Å². The number of primary amides is 1. The molecule has 0 bridgehead atoms. The number of ether oxygens (including phenoxy) is 1. The van der Waals surface area contributed by atoms with E-state index in [2.05, 4.69) is 10.3 Å². The van der Waals surface area contributed by atoms with E-state index in [0.29, 0.717) is 31.2 Å². The highest BCUT2D eigenvalue weighted by atomic mass is 35.5. The van der Waals surface area contributed by atoms with Gasteiger partial charge in [-0.3, -0.25) is 9.78 Å². The molecule has 0 saturated carbocycles. The van der Waals surface area contributed by atoms with Crippen molar-refractivity contribution in [2.24, 2.45) is 5.73 Å². The molecule has 3 N–H and O–H groups in total. The number of amides is 1. The van der Waals surface area contributed by atoms with Crippen LogP contribution in [0.3, 0.4) is 0 Å². The Morgan fingerprint density at radius 1 is 1.35 bits per heavy atom. The number of carbonyl (C=O) groups is 1. The first-order valence-electron chi connectivity index (χ1n) is 7.73. The van der Waals surface area contributed by atoms with Gasteiger partial charge in [0.05, 0.1) is 5.52 Å². The normalized spacial score (nSPS) is 17.3. The molecule has 23 heavy (non-hydrogen) atoms. The second-order valence-corrected chi connectivity index (χ2v) is 6.40. The highest BCUT2D eigenvalue weighted by Gasteiger charge is 2.34. The minimum Gasteiger partial charge on any atom is -0.381 e. The topological polar surface area (TPSA) is 77.2 Å². The van der Waals surface area contributed by atoms with E-state index in [-0.39, 0.29) is 11.4 Å². The molecule has 3 rings (SSSR count). The van der Waals surface area contributed by atoms with E-state index in [4.69, 9.17) is 22.1 Å². The van der Waals surface area contributed by atoms with Gasteiger partial charge in [0.15, 0.2) is 0 Å². The van der Waals surface area contributed by atoms with Gasteiger partial charge in [0.2, 0.25) is 5.91 Å². The maximum atomic E-state index is 11.5. The Balaban J connectivity index is 1.86. The summed E-state index contributed by atoms with van der Waals surface area (Å²) in [5.41, 5.74) is 6.94. The maximum absolute atomic E-state index is 11.5. The molecule has 5 nitrogen and oxygen atoms in total. The quantitative estimate of drug-likeness (QED) is 0.880. The summed E-state index contributed by atoms with van der Waals surface area (Å²) in [6.07, 6.45) is 3.57. The fraction of sp³-hybridized carbons (Fsp3) is 0.412. The summed E-state index contributed by atoms with van der Waals surface area (Å²) >= 11 is 6.38. The molecule has 0 spiro atoms. The van der Waals surface area contributed by atoms with Crippen LogP contribution >= 0.6 is 11.6 Å². The number of nitrogens with one attached hydrogen (secondary N) is 1. The molecule has 6 heteroatoms. The largest absolute Gasteiger partial charge is 0.381 e. The predicted molar refractivity (Wildman–Crippen MR) is 90.2 cm³/mol. The van der Waals surface area contributed by atoms with Crippen molar-refractivity contribution in [1.29, 1.82) is 0 Å².